The topological polar surface area (TPSA) is 44.8 Å². The molecule has 0 fully saturated rings. The molecule has 0 bridgehead atoms. The summed E-state index contributed by atoms with van der Waals surface area (Å²) in [5, 5.41) is 7.88. The molecule has 0 atom stereocenters. The lowest BCUT2D eigenvalue weighted by atomic mass is 10.3. The van der Waals surface area contributed by atoms with Gasteiger partial charge in [-0.25, -0.2) is 0 Å². The minimum Gasteiger partial charge on any atom is -0.341 e. The molecule has 2 heterocycles. The number of anilines is 1. The third-order valence-electron chi connectivity index (χ3n) is 2.16. The lowest BCUT2D eigenvalue weighted by Gasteiger charge is -2.18. The fourth-order valence-electron chi connectivity index (χ4n) is 1.36. The Bertz CT molecular complexity index is 491. The molecule has 0 spiro atoms. The van der Waals surface area contributed by atoms with Gasteiger partial charge in [0.2, 0.25) is 5.13 Å². The first-order valence-electron chi connectivity index (χ1n) is 5.00. The fourth-order valence-corrected chi connectivity index (χ4v) is 2.30. The van der Waals surface area contributed by atoms with Crippen molar-refractivity contribution in [3.63, 3.8) is 0 Å². The maximum absolute atomic E-state index is 5.02. The highest BCUT2D eigenvalue weighted by Crippen LogP contribution is 2.18. The summed E-state index contributed by atoms with van der Waals surface area (Å²) in [6.07, 6.45) is 1.80. The van der Waals surface area contributed by atoms with E-state index in [9.17, 15) is 0 Å². The van der Waals surface area contributed by atoms with Gasteiger partial charge in [0.1, 0.15) is 0 Å². The molecule has 0 saturated carbocycles. The summed E-state index contributed by atoms with van der Waals surface area (Å²) in [4.78, 5) is 6.44. The van der Waals surface area contributed by atoms with E-state index >= 15 is 0 Å². The van der Waals surface area contributed by atoms with Crippen LogP contribution < -0.4 is 4.90 Å². The van der Waals surface area contributed by atoms with E-state index in [1.54, 1.807) is 6.20 Å². The lowest BCUT2D eigenvalue weighted by Crippen LogP contribution is -2.22. The molecule has 0 amide bonds. The van der Waals surface area contributed by atoms with Gasteiger partial charge in [-0.3, -0.25) is 10.1 Å². The predicted octanol–water partition coefficient (Wildman–Crippen LogP) is 2.62. The SMILES string of the molecule is CCN(Cc1ccccn1)c1n[nH]c(=S)s1. The van der Waals surface area contributed by atoms with E-state index in [0.717, 1.165) is 23.9 Å². The Morgan fingerprint density at radius 3 is 2.94 bits per heavy atom. The average Bonchev–Trinajstić information content (AvgIpc) is 2.74. The number of hydrogen-bond donors (Lipinski definition) is 1. The molecule has 16 heavy (non-hydrogen) atoms. The summed E-state index contributed by atoms with van der Waals surface area (Å²) in [6, 6.07) is 5.91. The number of nitrogens with zero attached hydrogens (tertiary/aromatic N) is 3. The van der Waals surface area contributed by atoms with Crippen LogP contribution in [0, 0.1) is 3.95 Å². The van der Waals surface area contributed by atoms with Crippen molar-refractivity contribution in [3.05, 3.63) is 34.0 Å². The van der Waals surface area contributed by atoms with Crippen LogP contribution in [-0.4, -0.2) is 21.7 Å². The zero-order chi connectivity index (χ0) is 11.4. The quantitative estimate of drug-likeness (QED) is 0.850. The zero-order valence-electron chi connectivity index (χ0n) is 8.88. The van der Waals surface area contributed by atoms with E-state index in [2.05, 4.69) is 27.0 Å². The van der Waals surface area contributed by atoms with Crippen LogP contribution in [0.2, 0.25) is 0 Å². The molecule has 1 N–H and O–H groups in total. The van der Waals surface area contributed by atoms with E-state index in [0.29, 0.717) is 3.95 Å². The molecule has 2 rings (SSSR count). The first-order valence-corrected chi connectivity index (χ1v) is 6.22. The van der Waals surface area contributed by atoms with Crippen molar-refractivity contribution in [2.24, 2.45) is 0 Å². The molecule has 6 heteroatoms. The van der Waals surface area contributed by atoms with Gasteiger partial charge in [0.25, 0.3) is 0 Å². The number of pyridine rings is 1. The van der Waals surface area contributed by atoms with Crippen LogP contribution >= 0.6 is 23.6 Å². The van der Waals surface area contributed by atoms with Gasteiger partial charge in [-0.2, -0.15) is 0 Å². The Morgan fingerprint density at radius 2 is 2.38 bits per heavy atom. The van der Waals surface area contributed by atoms with E-state index in [4.69, 9.17) is 12.2 Å². The summed E-state index contributed by atoms with van der Waals surface area (Å²) >= 11 is 6.51. The number of nitrogens with one attached hydrogen (secondary N) is 1. The smallest absolute Gasteiger partial charge is 0.207 e. The molecule has 2 aromatic heterocycles. The van der Waals surface area contributed by atoms with Gasteiger partial charge in [-0.05, 0) is 31.3 Å². The second-order valence-corrected chi connectivity index (χ2v) is 4.88. The molecule has 0 radical (unpaired) electrons. The van der Waals surface area contributed by atoms with Crippen LogP contribution in [0.4, 0.5) is 5.13 Å². The van der Waals surface area contributed by atoms with Gasteiger partial charge in [0.05, 0.1) is 12.2 Å². The second-order valence-electron chi connectivity index (χ2n) is 3.23. The van der Waals surface area contributed by atoms with Crippen molar-refractivity contribution >= 4 is 28.7 Å². The molecule has 84 valence electrons. The first-order chi connectivity index (χ1) is 7.79. The summed E-state index contributed by atoms with van der Waals surface area (Å²) < 4.78 is 0.703. The lowest BCUT2D eigenvalue weighted by molar-refractivity contribution is 0.795. The molecule has 2 aromatic rings. The van der Waals surface area contributed by atoms with Crippen LogP contribution in [0.1, 0.15) is 12.6 Å². The summed E-state index contributed by atoms with van der Waals surface area (Å²) in [7, 11) is 0. The van der Waals surface area contributed by atoms with Crippen LogP contribution in [0.3, 0.4) is 0 Å². The largest absolute Gasteiger partial charge is 0.341 e. The third-order valence-corrected chi connectivity index (χ3v) is 3.31. The second kappa shape index (κ2) is 5.18. The number of H-pyrrole nitrogens is 1. The average molecular weight is 252 g/mol. The van der Waals surface area contributed by atoms with Crippen LogP contribution in [0.15, 0.2) is 24.4 Å². The maximum Gasteiger partial charge on any atom is 0.207 e. The van der Waals surface area contributed by atoms with Crippen molar-refractivity contribution in [3.8, 4) is 0 Å². The molecule has 0 saturated heterocycles. The zero-order valence-corrected chi connectivity index (χ0v) is 10.5. The molecule has 0 unspecified atom stereocenters. The molecular formula is C10H12N4S2. The van der Waals surface area contributed by atoms with Gasteiger partial charge in [0.15, 0.2) is 3.95 Å². The summed E-state index contributed by atoms with van der Waals surface area (Å²) in [6.45, 7) is 3.73. The van der Waals surface area contributed by atoms with Crippen molar-refractivity contribution in [2.45, 2.75) is 13.5 Å². The van der Waals surface area contributed by atoms with Crippen LogP contribution in [-0.2, 0) is 6.54 Å². The molecule has 0 aromatic carbocycles. The highest BCUT2D eigenvalue weighted by Gasteiger charge is 2.08. The summed E-state index contributed by atoms with van der Waals surface area (Å²) in [5.41, 5.74) is 1.03. The van der Waals surface area contributed by atoms with Crippen molar-refractivity contribution in [2.75, 3.05) is 11.4 Å². The van der Waals surface area contributed by atoms with Gasteiger partial charge in [-0.15, -0.1) is 5.10 Å². The maximum atomic E-state index is 5.02. The highest BCUT2D eigenvalue weighted by atomic mass is 32.1. The Balaban J connectivity index is 2.15. The van der Waals surface area contributed by atoms with Crippen molar-refractivity contribution in [1.29, 1.82) is 0 Å². The van der Waals surface area contributed by atoms with E-state index < -0.39 is 0 Å². The highest BCUT2D eigenvalue weighted by molar-refractivity contribution is 7.73. The number of rotatable bonds is 4. The Hall–Kier alpha value is -1.27. The Morgan fingerprint density at radius 1 is 1.50 bits per heavy atom. The van der Waals surface area contributed by atoms with Gasteiger partial charge < -0.3 is 4.90 Å². The number of hydrogen-bond acceptors (Lipinski definition) is 5. The van der Waals surface area contributed by atoms with Gasteiger partial charge in [0, 0.05) is 12.7 Å². The molecular weight excluding hydrogens is 240 g/mol. The third kappa shape index (κ3) is 2.65. The van der Waals surface area contributed by atoms with Gasteiger partial charge in [-0.1, -0.05) is 17.4 Å². The molecule has 0 aliphatic rings. The van der Waals surface area contributed by atoms with Crippen molar-refractivity contribution in [1.82, 2.24) is 15.2 Å². The Labute approximate surface area is 103 Å². The molecule has 4 nitrogen and oxygen atoms in total. The van der Waals surface area contributed by atoms with Crippen LogP contribution in [0.5, 0.6) is 0 Å². The van der Waals surface area contributed by atoms with Gasteiger partial charge >= 0.3 is 0 Å². The Kier molecular flexibility index (Phi) is 3.63. The fraction of sp³-hybridized carbons (Fsp3) is 0.300. The monoisotopic (exact) mass is 252 g/mol. The first kappa shape index (κ1) is 11.2. The van der Waals surface area contributed by atoms with E-state index in [-0.39, 0.29) is 0 Å². The predicted molar refractivity (Wildman–Crippen MR) is 68.3 cm³/mol. The molecule has 0 aliphatic carbocycles. The van der Waals surface area contributed by atoms with E-state index in [1.807, 2.05) is 18.2 Å². The normalized spacial score (nSPS) is 10.3. The molecule has 0 aliphatic heterocycles. The summed E-state index contributed by atoms with van der Waals surface area (Å²) in [5.74, 6) is 0. The number of aromatic nitrogens is 3. The standard InChI is InChI=1S/C10H12N4S2/c1-2-14(9-12-13-10(15)16-9)7-8-5-3-4-6-11-8/h3-6H,2,7H2,1H3,(H,13,15). The van der Waals surface area contributed by atoms with E-state index in [1.165, 1.54) is 11.3 Å². The minimum absolute atomic E-state index is 0.703. The van der Waals surface area contributed by atoms with Crippen molar-refractivity contribution < 1.29 is 0 Å². The van der Waals surface area contributed by atoms with Crippen LogP contribution in [0.25, 0.3) is 0 Å². The minimum atomic E-state index is 0.703. The number of aromatic amines is 1.